The minimum absolute atomic E-state index is 0.0487. The van der Waals surface area contributed by atoms with Crippen molar-refractivity contribution >= 4 is 11.6 Å². The van der Waals surface area contributed by atoms with Gasteiger partial charge in [-0.3, -0.25) is 4.79 Å². The molecule has 0 spiro atoms. The van der Waals surface area contributed by atoms with Gasteiger partial charge in [0.25, 0.3) is 5.91 Å². The first-order valence-corrected chi connectivity index (χ1v) is 6.86. The molecule has 0 saturated carbocycles. The predicted molar refractivity (Wildman–Crippen MR) is 79.3 cm³/mol. The van der Waals surface area contributed by atoms with E-state index in [0.29, 0.717) is 17.8 Å². The minimum atomic E-state index is -0.0487. The van der Waals surface area contributed by atoms with Crippen LogP contribution in [0.1, 0.15) is 27.9 Å². The molecule has 0 bridgehead atoms. The Hall–Kier alpha value is -2.29. The summed E-state index contributed by atoms with van der Waals surface area (Å²) in [5.41, 5.74) is 3.50. The molecule has 2 aromatic rings. The second-order valence-corrected chi connectivity index (χ2v) is 5.21. The van der Waals surface area contributed by atoms with Crippen molar-refractivity contribution in [3.63, 3.8) is 0 Å². The van der Waals surface area contributed by atoms with Crippen molar-refractivity contribution in [3.05, 3.63) is 59.2 Å². The molecule has 0 radical (unpaired) electrons. The predicted octanol–water partition coefficient (Wildman–Crippen LogP) is 3.29. The molecule has 1 heterocycles. The molecule has 1 aliphatic rings. The maximum atomic E-state index is 12.6. The molecular weight excluding hydrogens is 250 g/mol. The fourth-order valence-corrected chi connectivity index (χ4v) is 2.69. The quantitative estimate of drug-likeness (QED) is 0.861. The molecule has 0 saturated heterocycles. The van der Waals surface area contributed by atoms with Gasteiger partial charge >= 0.3 is 0 Å². The number of carbonyl (C=O) groups excluding carboxylic acids is 1. The van der Waals surface area contributed by atoms with E-state index in [1.54, 1.807) is 11.0 Å². The number of amides is 1. The number of para-hydroxylation sites is 1. The van der Waals surface area contributed by atoms with Crippen LogP contribution in [0.4, 0.5) is 5.69 Å². The van der Waals surface area contributed by atoms with E-state index in [0.717, 1.165) is 24.0 Å². The molecule has 0 aliphatic carbocycles. The van der Waals surface area contributed by atoms with Gasteiger partial charge in [-0.05, 0) is 43.5 Å². The molecule has 20 heavy (non-hydrogen) atoms. The Kier molecular flexibility index (Phi) is 3.18. The zero-order chi connectivity index (χ0) is 14.1. The molecule has 3 rings (SSSR count). The third kappa shape index (κ3) is 2.16. The second kappa shape index (κ2) is 5.00. The van der Waals surface area contributed by atoms with E-state index in [4.69, 9.17) is 0 Å². The standard InChI is InChI=1S/C17H17NO2/c1-12-7-9-14(10-8-12)17(20)18-11-3-5-13-4-2-6-15(19)16(13)18/h2,4,6-10,19H,3,5,11H2,1H3. The summed E-state index contributed by atoms with van der Waals surface area (Å²) < 4.78 is 0. The summed E-state index contributed by atoms with van der Waals surface area (Å²) in [5.74, 6) is 0.134. The largest absolute Gasteiger partial charge is 0.506 e. The molecule has 0 aromatic heterocycles. The summed E-state index contributed by atoms with van der Waals surface area (Å²) >= 11 is 0. The summed E-state index contributed by atoms with van der Waals surface area (Å²) in [6.45, 7) is 2.65. The monoisotopic (exact) mass is 267 g/mol. The topological polar surface area (TPSA) is 40.5 Å². The first-order valence-electron chi connectivity index (χ1n) is 6.86. The van der Waals surface area contributed by atoms with Gasteiger partial charge in [-0.15, -0.1) is 0 Å². The Balaban J connectivity index is 2.00. The number of aryl methyl sites for hydroxylation is 2. The van der Waals surface area contributed by atoms with Crippen molar-refractivity contribution in [3.8, 4) is 5.75 Å². The number of benzene rings is 2. The molecule has 3 heteroatoms. The van der Waals surface area contributed by atoms with Crippen LogP contribution < -0.4 is 4.90 Å². The van der Waals surface area contributed by atoms with E-state index in [1.807, 2.05) is 43.3 Å². The van der Waals surface area contributed by atoms with Crippen molar-refractivity contribution in [2.24, 2.45) is 0 Å². The number of carbonyl (C=O) groups is 1. The van der Waals surface area contributed by atoms with Gasteiger partial charge in [0.1, 0.15) is 5.75 Å². The summed E-state index contributed by atoms with van der Waals surface area (Å²) in [5, 5.41) is 10.1. The molecule has 0 fully saturated rings. The van der Waals surface area contributed by atoms with Crippen molar-refractivity contribution in [2.75, 3.05) is 11.4 Å². The van der Waals surface area contributed by atoms with Gasteiger partial charge in [0, 0.05) is 12.1 Å². The number of phenolic OH excluding ortho intramolecular Hbond substituents is 1. The Labute approximate surface area is 118 Å². The average Bonchev–Trinajstić information content (AvgIpc) is 2.47. The summed E-state index contributed by atoms with van der Waals surface area (Å²) in [6, 6.07) is 13.0. The normalized spacial score (nSPS) is 13.9. The molecular formula is C17H17NO2. The van der Waals surface area contributed by atoms with Crippen LogP contribution in [0.15, 0.2) is 42.5 Å². The van der Waals surface area contributed by atoms with E-state index in [-0.39, 0.29) is 11.7 Å². The molecule has 2 aromatic carbocycles. The smallest absolute Gasteiger partial charge is 0.258 e. The number of aromatic hydroxyl groups is 1. The van der Waals surface area contributed by atoms with E-state index in [2.05, 4.69) is 0 Å². The highest BCUT2D eigenvalue weighted by atomic mass is 16.3. The SMILES string of the molecule is Cc1ccc(C(=O)N2CCCc3cccc(O)c32)cc1. The van der Waals surface area contributed by atoms with Crippen LogP contribution in [-0.2, 0) is 6.42 Å². The van der Waals surface area contributed by atoms with Gasteiger partial charge in [-0.1, -0.05) is 29.8 Å². The van der Waals surface area contributed by atoms with Crippen LogP contribution in [-0.4, -0.2) is 17.6 Å². The molecule has 102 valence electrons. The zero-order valence-electron chi connectivity index (χ0n) is 11.5. The molecule has 3 nitrogen and oxygen atoms in total. The number of hydrogen-bond donors (Lipinski definition) is 1. The lowest BCUT2D eigenvalue weighted by Crippen LogP contribution is -2.35. The van der Waals surface area contributed by atoms with E-state index >= 15 is 0 Å². The lowest BCUT2D eigenvalue weighted by molar-refractivity contribution is 0.0984. The van der Waals surface area contributed by atoms with Gasteiger partial charge in [0.05, 0.1) is 5.69 Å². The number of rotatable bonds is 1. The van der Waals surface area contributed by atoms with E-state index < -0.39 is 0 Å². The van der Waals surface area contributed by atoms with E-state index in [1.165, 1.54) is 0 Å². The molecule has 0 atom stereocenters. The first-order chi connectivity index (χ1) is 9.66. The third-order valence-corrected chi connectivity index (χ3v) is 3.74. The van der Waals surface area contributed by atoms with Crippen LogP contribution in [0.3, 0.4) is 0 Å². The third-order valence-electron chi connectivity index (χ3n) is 3.74. The first kappa shape index (κ1) is 12.7. The summed E-state index contributed by atoms with van der Waals surface area (Å²) in [4.78, 5) is 14.3. The highest BCUT2D eigenvalue weighted by Gasteiger charge is 2.25. The van der Waals surface area contributed by atoms with Gasteiger partial charge in [0.15, 0.2) is 0 Å². The Morgan fingerprint density at radius 3 is 2.65 bits per heavy atom. The van der Waals surface area contributed by atoms with Gasteiger partial charge < -0.3 is 10.0 Å². The maximum absolute atomic E-state index is 12.6. The van der Waals surface area contributed by atoms with Crippen molar-refractivity contribution in [1.82, 2.24) is 0 Å². The molecule has 0 unspecified atom stereocenters. The highest BCUT2D eigenvalue weighted by molar-refractivity contribution is 6.07. The lowest BCUT2D eigenvalue weighted by atomic mass is 10.00. The number of anilines is 1. The van der Waals surface area contributed by atoms with Crippen molar-refractivity contribution in [2.45, 2.75) is 19.8 Å². The van der Waals surface area contributed by atoms with Crippen LogP contribution in [0.5, 0.6) is 5.75 Å². The Morgan fingerprint density at radius 1 is 1.15 bits per heavy atom. The number of hydrogen-bond acceptors (Lipinski definition) is 2. The Morgan fingerprint density at radius 2 is 1.90 bits per heavy atom. The number of nitrogens with zero attached hydrogens (tertiary/aromatic N) is 1. The van der Waals surface area contributed by atoms with Crippen LogP contribution in [0.25, 0.3) is 0 Å². The van der Waals surface area contributed by atoms with Gasteiger partial charge in [-0.2, -0.15) is 0 Å². The zero-order valence-corrected chi connectivity index (χ0v) is 11.5. The average molecular weight is 267 g/mol. The highest BCUT2D eigenvalue weighted by Crippen LogP contribution is 2.36. The van der Waals surface area contributed by atoms with Crippen LogP contribution >= 0.6 is 0 Å². The van der Waals surface area contributed by atoms with Crippen molar-refractivity contribution in [1.29, 1.82) is 0 Å². The maximum Gasteiger partial charge on any atom is 0.258 e. The second-order valence-electron chi connectivity index (χ2n) is 5.21. The number of fused-ring (bicyclic) bond motifs is 1. The fraction of sp³-hybridized carbons (Fsp3) is 0.235. The van der Waals surface area contributed by atoms with Gasteiger partial charge in [0.2, 0.25) is 0 Å². The molecule has 1 aliphatic heterocycles. The fourth-order valence-electron chi connectivity index (χ4n) is 2.69. The number of phenols is 1. The van der Waals surface area contributed by atoms with Crippen molar-refractivity contribution < 1.29 is 9.90 Å². The molecule has 1 N–H and O–H groups in total. The van der Waals surface area contributed by atoms with Crippen LogP contribution in [0, 0.1) is 6.92 Å². The molecule has 1 amide bonds. The Bertz CT molecular complexity index is 647. The lowest BCUT2D eigenvalue weighted by Gasteiger charge is -2.30. The summed E-state index contributed by atoms with van der Waals surface area (Å²) in [7, 11) is 0. The minimum Gasteiger partial charge on any atom is -0.506 e. The van der Waals surface area contributed by atoms with E-state index in [9.17, 15) is 9.90 Å². The van der Waals surface area contributed by atoms with Gasteiger partial charge in [-0.25, -0.2) is 0 Å². The van der Waals surface area contributed by atoms with Crippen LogP contribution in [0.2, 0.25) is 0 Å². The summed E-state index contributed by atoms with van der Waals surface area (Å²) in [6.07, 6.45) is 1.83.